The number of nitriles is 1. The first kappa shape index (κ1) is 20.0. The quantitative estimate of drug-likeness (QED) is 0.529. The zero-order valence-electron chi connectivity index (χ0n) is 14.0. The van der Waals surface area contributed by atoms with Gasteiger partial charge in [0.05, 0.1) is 5.02 Å². The van der Waals surface area contributed by atoms with Gasteiger partial charge in [0.1, 0.15) is 11.8 Å². The zero-order valence-corrected chi connectivity index (χ0v) is 15.6. The highest BCUT2D eigenvalue weighted by Crippen LogP contribution is 2.24. The average molecular weight is 391 g/mol. The fourth-order valence-electron chi connectivity index (χ4n) is 2.33. The molecule has 0 saturated carbocycles. The van der Waals surface area contributed by atoms with Gasteiger partial charge < -0.3 is 5.11 Å². The second-order valence-electron chi connectivity index (χ2n) is 5.67. The van der Waals surface area contributed by atoms with Crippen LogP contribution in [-0.4, -0.2) is 20.1 Å². The SMILES string of the molecule is N#C/C(=C\c1ccc(O)cc1Cl)S(=O)(=O)NCCCCc1ccccc1. The fraction of sp³-hybridized carbons (Fsp3) is 0.211. The smallest absolute Gasteiger partial charge is 0.250 e. The second kappa shape index (κ2) is 9.39. The topological polar surface area (TPSA) is 90.2 Å². The molecule has 0 saturated heterocycles. The normalized spacial score (nSPS) is 11.9. The highest BCUT2D eigenvalue weighted by Gasteiger charge is 2.17. The maximum atomic E-state index is 12.3. The van der Waals surface area contributed by atoms with Crippen molar-refractivity contribution in [3.63, 3.8) is 0 Å². The van der Waals surface area contributed by atoms with E-state index in [0.29, 0.717) is 12.0 Å². The summed E-state index contributed by atoms with van der Waals surface area (Å²) in [6.07, 6.45) is 3.55. The van der Waals surface area contributed by atoms with Gasteiger partial charge in [-0.25, -0.2) is 13.1 Å². The van der Waals surface area contributed by atoms with Gasteiger partial charge >= 0.3 is 0 Å². The lowest BCUT2D eigenvalue weighted by Crippen LogP contribution is -2.25. The molecule has 0 aromatic heterocycles. The van der Waals surface area contributed by atoms with E-state index in [1.54, 1.807) is 6.07 Å². The predicted molar refractivity (Wildman–Crippen MR) is 103 cm³/mol. The van der Waals surface area contributed by atoms with E-state index in [1.165, 1.54) is 29.8 Å². The Morgan fingerprint density at radius 1 is 1.19 bits per heavy atom. The molecule has 0 aliphatic heterocycles. The van der Waals surface area contributed by atoms with Crippen LogP contribution in [-0.2, 0) is 16.4 Å². The zero-order chi connectivity index (χ0) is 19.0. The number of hydrogen-bond acceptors (Lipinski definition) is 4. The van der Waals surface area contributed by atoms with Gasteiger partial charge in [0.15, 0.2) is 4.91 Å². The van der Waals surface area contributed by atoms with E-state index in [0.717, 1.165) is 12.8 Å². The molecule has 0 aliphatic rings. The lowest BCUT2D eigenvalue weighted by molar-refractivity contribution is 0.475. The molecule has 0 radical (unpaired) electrons. The van der Waals surface area contributed by atoms with Gasteiger partial charge in [-0.05, 0) is 54.7 Å². The van der Waals surface area contributed by atoms with E-state index in [4.69, 9.17) is 11.6 Å². The largest absolute Gasteiger partial charge is 0.508 e. The summed E-state index contributed by atoms with van der Waals surface area (Å²) in [4.78, 5) is -0.423. The van der Waals surface area contributed by atoms with Crippen LogP contribution in [0.3, 0.4) is 0 Å². The summed E-state index contributed by atoms with van der Waals surface area (Å²) in [6, 6.07) is 15.7. The summed E-state index contributed by atoms with van der Waals surface area (Å²) >= 11 is 5.96. The van der Waals surface area contributed by atoms with Crippen LogP contribution >= 0.6 is 11.6 Å². The molecule has 0 atom stereocenters. The van der Waals surface area contributed by atoms with Gasteiger partial charge in [-0.2, -0.15) is 5.26 Å². The van der Waals surface area contributed by atoms with Crippen molar-refractivity contribution in [3.05, 3.63) is 69.6 Å². The van der Waals surface area contributed by atoms with E-state index in [9.17, 15) is 18.8 Å². The third-order valence-electron chi connectivity index (χ3n) is 3.70. The predicted octanol–water partition coefficient (Wildman–Crippen LogP) is 3.85. The number of allylic oxidation sites excluding steroid dienone is 1. The highest BCUT2D eigenvalue weighted by molar-refractivity contribution is 7.93. The first-order valence-electron chi connectivity index (χ1n) is 8.06. The number of rotatable bonds is 8. The van der Waals surface area contributed by atoms with Gasteiger partial charge in [-0.3, -0.25) is 0 Å². The number of halogens is 1. The van der Waals surface area contributed by atoms with Crippen LogP contribution in [0.2, 0.25) is 5.02 Å². The number of phenols is 1. The van der Waals surface area contributed by atoms with Crippen molar-refractivity contribution in [2.24, 2.45) is 0 Å². The first-order chi connectivity index (χ1) is 12.4. The molecule has 0 amide bonds. The van der Waals surface area contributed by atoms with E-state index in [2.05, 4.69) is 4.72 Å². The number of benzene rings is 2. The highest BCUT2D eigenvalue weighted by atomic mass is 35.5. The van der Waals surface area contributed by atoms with Crippen LogP contribution in [0.15, 0.2) is 53.4 Å². The van der Waals surface area contributed by atoms with Crippen LogP contribution in [0.4, 0.5) is 0 Å². The van der Waals surface area contributed by atoms with E-state index in [-0.39, 0.29) is 17.3 Å². The van der Waals surface area contributed by atoms with Gasteiger partial charge in [0, 0.05) is 6.54 Å². The molecule has 2 N–H and O–H groups in total. The summed E-state index contributed by atoms with van der Waals surface area (Å²) in [5, 5.41) is 18.7. The van der Waals surface area contributed by atoms with Crippen molar-refractivity contribution in [2.45, 2.75) is 19.3 Å². The Labute approximate surface area is 158 Å². The van der Waals surface area contributed by atoms with Gasteiger partial charge in [0.25, 0.3) is 10.0 Å². The number of nitrogens with zero attached hydrogens (tertiary/aromatic N) is 1. The molecule has 0 aliphatic carbocycles. The molecule has 2 aromatic carbocycles. The van der Waals surface area contributed by atoms with E-state index < -0.39 is 14.9 Å². The average Bonchev–Trinajstić information content (AvgIpc) is 2.61. The van der Waals surface area contributed by atoms with Gasteiger partial charge in [-0.1, -0.05) is 41.9 Å². The van der Waals surface area contributed by atoms with Crippen molar-refractivity contribution < 1.29 is 13.5 Å². The molecule has 5 nitrogen and oxygen atoms in total. The Hall–Kier alpha value is -2.33. The Morgan fingerprint density at radius 2 is 1.92 bits per heavy atom. The maximum absolute atomic E-state index is 12.3. The molecule has 7 heteroatoms. The minimum absolute atomic E-state index is 0.0370. The van der Waals surface area contributed by atoms with Crippen molar-refractivity contribution in [1.29, 1.82) is 5.26 Å². The molecule has 26 heavy (non-hydrogen) atoms. The molecular formula is C19H19ClN2O3S. The Bertz CT molecular complexity index is 920. The van der Waals surface area contributed by atoms with Crippen LogP contribution < -0.4 is 4.72 Å². The van der Waals surface area contributed by atoms with Crippen LogP contribution in [0.1, 0.15) is 24.0 Å². The second-order valence-corrected chi connectivity index (χ2v) is 7.81. The molecular weight excluding hydrogens is 372 g/mol. The summed E-state index contributed by atoms with van der Waals surface area (Å²) in [6.45, 7) is 0.248. The first-order valence-corrected chi connectivity index (χ1v) is 9.92. The van der Waals surface area contributed by atoms with Gasteiger partial charge in [0.2, 0.25) is 0 Å². The number of unbranched alkanes of at least 4 members (excludes halogenated alkanes) is 1. The van der Waals surface area contributed by atoms with Crippen LogP contribution in [0, 0.1) is 11.3 Å². The molecule has 136 valence electrons. The third-order valence-corrected chi connectivity index (χ3v) is 5.40. The van der Waals surface area contributed by atoms with Gasteiger partial charge in [-0.15, -0.1) is 0 Å². The number of aryl methyl sites for hydroxylation is 1. The third kappa shape index (κ3) is 5.88. The van der Waals surface area contributed by atoms with E-state index >= 15 is 0 Å². The molecule has 0 heterocycles. The Kier molecular flexibility index (Phi) is 7.22. The molecule has 2 rings (SSSR count). The van der Waals surface area contributed by atoms with Crippen LogP contribution in [0.25, 0.3) is 6.08 Å². The number of sulfonamides is 1. The molecule has 2 aromatic rings. The minimum atomic E-state index is -3.91. The van der Waals surface area contributed by atoms with Crippen molar-refractivity contribution in [3.8, 4) is 11.8 Å². The summed E-state index contributed by atoms with van der Waals surface area (Å²) < 4.78 is 27.0. The van der Waals surface area contributed by atoms with Crippen LogP contribution in [0.5, 0.6) is 5.75 Å². The monoisotopic (exact) mass is 390 g/mol. The molecule has 0 bridgehead atoms. The summed E-state index contributed by atoms with van der Waals surface area (Å²) in [5.74, 6) is -0.0370. The number of phenolic OH excluding ortho intramolecular Hbond substituents is 1. The number of hydrogen-bond donors (Lipinski definition) is 2. The molecule has 0 fully saturated rings. The standard InChI is InChI=1S/C19H19ClN2O3S/c20-19-13-17(23)10-9-16(19)12-18(14-21)26(24,25)22-11-5-4-8-15-6-2-1-3-7-15/h1-3,6-7,9-10,12-13,22-23H,4-5,8,11H2/b18-12+. The van der Waals surface area contributed by atoms with Crippen molar-refractivity contribution in [2.75, 3.05) is 6.54 Å². The summed E-state index contributed by atoms with van der Waals surface area (Å²) in [5.41, 5.74) is 1.55. The van der Waals surface area contributed by atoms with E-state index in [1.807, 2.05) is 30.3 Å². The fourth-order valence-corrected chi connectivity index (χ4v) is 3.53. The lowest BCUT2D eigenvalue weighted by atomic mass is 10.1. The lowest BCUT2D eigenvalue weighted by Gasteiger charge is -2.06. The minimum Gasteiger partial charge on any atom is -0.508 e. The Balaban J connectivity index is 1.94. The number of aromatic hydroxyl groups is 1. The molecule has 0 unspecified atom stereocenters. The Morgan fingerprint density at radius 3 is 2.58 bits per heavy atom. The van der Waals surface area contributed by atoms with Crippen molar-refractivity contribution in [1.82, 2.24) is 4.72 Å². The molecule has 0 spiro atoms. The number of nitrogens with one attached hydrogen (secondary N) is 1. The maximum Gasteiger partial charge on any atom is 0.250 e. The van der Waals surface area contributed by atoms with Crippen molar-refractivity contribution >= 4 is 27.7 Å². The summed E-state index contributed by atoms with van der Waals surface area (Å²) in [7, 11) is -3.91.